The zero-order valence-electron chi connectivity index (χ0n) is 13.8. The molecular formula is C19H20N4O2. The van der Waals surface area contributed by atoms with E-state index in [-0.39, 0.29) is 17.6 Å². The van der Waals surface area contributed by atoms with Crippen molar-refractivity contribution in [3.8, 4) is 16.9 Å². The average Bonchev–Trinajstić information content (AvgIpc) is 3.05. The van der Waals surface area contributed by atoms with Crippen LogP contribution in [0.1, 0.15) is 32.1 Å². The molecule has 1 aromatic carbocycles. The number of aromatic hydroxyl groups is 1. The first-order valence-corrected chi connectivity index (χ1v) is 8.65. The van der Waals surface area contributed by atoms with E-state index in [0.29, 0.717) is 11.5 Å². The first-order valence-electron chi connectivity index (χ1n) is 8.65. The number of carbonyl (C=O) groups is 1. The summed E-state index contributed by atoms with van der Waals surface area (Å²) in [6.45, 7) is 0. The predicted molar refractivity (Wildman–Crippen MR) is 96.2 cm³/mol. The maximum Gasteiger partial charge on any atom is 0.228 e. The van der Waals surface area contributed by atoms with Gasteiger partial charge in [0.1, 0.15) is 11.6 Å². The lowest BCUT2D eigenvalue weighted by Crippen LogP contribution is -2.24. The number of amides is 1. The van der Waals surface area contributed by atoms with Crippen LogP contribution in [0.25, 0.3) is 22.2 Å². The Kier molecular flexibility index (Phi) is 4.09. The molecule has 0 radical (unpaired) electrons. The van der Waals surface area contributed by atoms with Crippen LogP contribution in [0.5, 0.6) is 5.75 Å². The highest BCUT2D eigenvalue weighted by Crippen LogP contribution is 2.29. The zero-order valence-corrected chi connectivity index (χ0v) is 13.8. The Balaban J connectivity index is 1.62. The molecule has 6 nitrogen and oxygen atoms in total. The summed E-state index contributed by atoms with van der Waals surface area (Å²) in [6.07, 6.45) is 7.10. The average molecular weight is 336 g/mol. The lowest BCUT2D eigenvalue weighted by molar-refractivity contribution is -0.120. The van der Waals surface area contributed by atoms with Gasteiger partial charge in [0, 0.05) is 17.7 Å². The van der Waals surface area contributed by atoms with Gasteiger partial charge in [0.25, 0.3) is 0 Å². The van der Waals surface area contributed by atoms with Gasteiger partial charge in [-0.25, -0.2) is 4.98 Å². The van der Waals surface area contributed by atoms with Gasteiger partial charge in [0.2, 0.25) is 5.91 Å². The highest BCUT2D eigenvalue weighted by molar-refractivity contribution is 6.00. The summed E-state index contributed by atoms with van der Waals surface area (Å²) in [4.78, 5) is 16.9. The van der Waals surface area contributed by atoms with E-state index in [1.165, 1.54) is 6.42 Å². The number of pyridine rings is 1. The van der Waals surface area contributed by atoms with E-state index in [9.17, 15) is 9.90 Å². The molecule has 1 amide bonds. The third-order valence-corrected chi connectivity index (χ3v) is 4.83. The van der Waals surface area contributed by atoms with Crippen molar-refractivity contribution in [3.05, 3.63) is 36.5 Å². The summed E-state index contributed by atoms with van der Waals surface area (Å²) in [5, 5.41) is 20.3. The van der Waals surface area contributed by atoms with Gasteiger partial charge in [0.15, 0.2) is 5.65 Å². The monoisotopic (exact) mass is 336 g/mol. The van der Waals surface area contributed by atoms with Crippen LogP contribution in [0.4, 0.5) is 5.82 Å². The summed E-state index contributed by atoms with van der Waals surface area (Å²) < 4.78 is 0. The molecule has 0 atom stereocenters. The first-order chi connectivity index (χ1) is 12.2. The first kappa shape index (κ1) is 15.6. The fraction of sp³-hybridized carbons (Fsp3) is 0.316. The predicted octanol–water partition coefficient (Wildman–Crippen LogP) is 3.85. The van der Waals surface area contributed by atoms with Gasteiger partial charge >= 0.3 is 0 Å². The number of rotatable bonds is 3. The summed E-state index contributed by atoms with van der Waals surface area (Å²) in [7, 11) is 0. The normalized spacial score (nSPS) is 15.4. The fourth-order valence-electron chi connectivity index (χ4n) is 3.40. The number of phenols is 1. The molecule has 6 heteroatoms. The van der Waals surface area contributed by atoms with Crippen molar-refractivity contribution in [1.82, 2.24) is 15.2 Å². The molecule has 1 fully saturated rings. The van der Waals surface area contributed by atoms with Crippen molar-refractivity contribution in [2.24, 2.45) is 5.92 Å². The van der Waals surface area contributed by atoms with Crippen molar-refractivity contribution in [1.29, 1.82) is 0 Å². The zero-order chi connectivity index (χ0) is 17.2. The number of benzene rings is 1. The number of phenolic OH excluding ortho intramolecular Hbond substituents is 1. The van der Waals surface area contributed by atoms with E-state index in [2.05, 4.69) is 20.5 Å². The van der Waals surface area contributed by atoms with Gasteiger partial charge in [-0.15, -0.1) is 0 Å². The summed E-state index contributed by atoms with van der Waals surface area (Å²) in [5.74, 6) is 0.959. The van der Waals surface area contributed by atoms with Gasteiger partial charge in [-0.05, 0) is 36.6 Å². The van der Waals surface area contributed by atoms with Crippen LogP contribution in [0.2, 0.25) is 0 Å². The molecule has 1 saturated carbocycles. The number of hydrogen-bond donors (Lipinski definition) is 3. The number of hydrogen-bond acceptors (Lipinski definition) is 4. The van der Waals surface area contributed by atoms with Gasteiger partial charge in [0.05, 0.1) is 5.39 Å². The SMILES string of the molecule is O=C(Nc1[nH]nc2ncc(-c3ccc(O)cc3)cc12)C1CCCCC1. The second-order valence-corrected chi connectivity index (χ2v) is 6.56. The number of nitrogens with one attached hydrogen (secondary N) is 2. The Labute approximate surface area is 145 Å². The highest BCUT2D eigenvalue weighted by atomic mass is 16.3. The number of carbonyl (C=O) groups excluding carboxylic acids is 1. The van der Waals surface area contributed by atoms with Gasteiger partial charge < -0.3 is 10.4 Å². The number of anilines is 1. The standard InChI is InChI=1S/C19H20N4O2/c24-15-8-6-12(7-9-15)14-10-16-17(20-11-14)22-23-18(16)21-19(25)13-4-2-1-3-5-13/h6-11,13,24H,1-5H2,(H2,20,21,22,23,25). The smallest absolute Gasteiger partial charge is 0.228 e. The fourth-order valence-corrected chi connectivity index (χ4v) is 3.40. The lowest BCUT2D eigenvalue weighted by atomic mass is 9.89. The summed E-state index contributed by atoms with van der Waals surface area (Å²) in [6, 6.07) is 8.90. The minimum absolute atomic E-state index is 0.0558. The van der Waals surface area contributed by atoms with Crippen LogP contribution in [-0.4, -0.2) is 26.2 Å². The number of fused-ring (bicyclic) bond motifs is 1. The van der Waals surface area contributed by atoms with Gasteiger partial charge in [-0.3, -0.25) is 9.89 Å². The third kappa shape index (κ3) is 3.20. The van der Waals surface area contributed by atoms with Gasteiger partial charge in [-0.2, -0.15) is 5.10 Å². The number of H-pyrrole nitrogens is 1. The van der Waals surface area contributed by atoms with E-state index in [4.69, 9.17) is 0 Å². The summed E-state index contributed by atoms with van der Waals surface area (Å²) in [5.41, 5.74) is 2.42. The van der Waals surface area contributed by atoms with E-state index in [1.54, 1.807) is 18.3 Å². The maximum atomic E-state index is 12.5. The van der Waals surface area contributed by atoms with Gasteiger partial charge in [-0.1, -0.05) is 31.4 Å². The molecule has 2 heterocycles. The summed E-state index contributed by atoms with van der Waals surface area (Å²) >= 11 is 0. The van der Waals surface area contributed by atoms with E-state index in [0.717, 1.165) is 42.2 Å². The molecule has 0 bridgehead atoms. The highest BCUT2D eigenvalue weighted by Gasteiger charge is 2.22. The molecule has 4 rings (SSSR count). The topological polar surface area (TPSA) is 90.9 Å². The van der Waals surface area contributed by atoms with Crippen LogP contribution in [0.3, 0.4) is 0 Å². The van der Waals surface area contributed by atoms with Crippen LogP contribution in [0.15, 0.2) is 36.5 Å². The third-order valence-electron chi connectivity index (χ3n) is 4.83. The largest absolute Gasteiger partial charge is 0.508 e. The molecular weight excluding hydrogens is 316 g/mol. The molecule has 25 heavy (non-hydrogen) atoms. The number of nitrogens with zero attached hydrogens (tertiary/aromatic N) is 2. The second kappa shape index (κ2) is 6.55. The molecule has 3 N–H and O–H groups in total. The molecule has 1 aliphatic rings. The Morgan fingerprint density at radius 3 is 2.64 bits per heavy atom. The molecule has 0 spiro atoms. The van der Waals surface area contributed by atoms with Crippen molar-refractivity contribution < 1.29 is 9.90 Å². The van der Waals surface area contributed by atoms with Crippen molar-refractivity contribution in [2.75, 3.05) is 5.32 Å². The molecule has 2 aromatic heterocycles. The van der Waals surface area contributed by atoms with E-state index >= 15 is 0 Å². The van der Waals surface area contributed by atoms with Crippen molar-refractivity contribution >= 4 is 22.8 Å². The molecule has 0 saturated heterocycles. The van der Waals surface area contributed by atoms with E-state index in [1.807, 2.05) is 18.2 Å². The van der Waals surface area contributed by atoms with Crippen LogP contribution >= 0.6 is 0 Å². The Morgan fingerprint density at radius 1 is 1.12 bits per heavy atom. The van der Waals surface area contributed by atoms with Crippen molar-refractivity contribution in [2.45, 2.75) is 32.1 Å². The Morgan fingerprint density at radius 2 is 1.88 bits per heavy atom. The molecule has 3 aromatic rings. The van der Waals surface area contributed by atoms with Crippen LogP contribution < -0.4 is 5.32 Å². The molecule has 0 aliphatic heterocycles. The minimum Gasteiger partial charge on any atom is -0.508 e. The Bertz CT molecular complexity index is 895. The number of aromatic nitrogens is 3. The van der Waals surface area contributed by atoms with E-state index < -0.39 is 0 Å². The van der Waals surface area contributed by atoms with Crippen molar-refractivity contribution in [3.63, 3.8) is 0 Å². The molecule has 1 aliphatic carbocycles. The molecule has 0 unspecified atom stereocenters. The van der Waals surface area contributed by atoms with Crippen LogP contribution in [-0.2, 0) is 4.79 Å². The minimum atomic E-state index is 0.0558. The maximum absolute atomic E-state index is 12.5. The second-order valence-electron chi connectivity index (χ2n) is 6.56. The molecule has 128 valence electrons. The lowest BCUT2D eigenvalue weighted by Gasteiger charge is -2.20. The Hall–Kier alpha value is -2.89. The van der Waals surface area contributed by atoms with Crippen LogP contribution in [0, 0.1) is 5.92 Å². The quantitative estimate of drug-likeness (QED) is 0.677. The number of aromatic amines is 1.